The molecule has 2 aliphatic rings. The molecule has 134 valence electrons. The maximum atomic E-state index is 11.4. The standard InChI is InChI=1S/C18H35N3O2/c1-15(22)21-7-5-16(6-8-21)13-19-9-11-20(12-10-19)14-17(23)18(2,3)4/h16-17,23H,5-14H2,1-4H3. The van der Waals surface area contributed by atoms with Crippen LogP contribution in [0.1, 0.15) is 40.5 Å². The van der Waals surface area contributed by atoms with Gasteiger partial charge in [0.15, 0.2) is 0 Å². The predicted molar refractivity (Wildman–Crippen MR) is 93.3 cm³/mol. The van der Waals surface area contributed by atoms with Crippen molar-refractivity contribution in [2.75, 3.05) is 52.4 Å². The van der Waals surface area contributed by atoms with Gasteiger partial charge in [0.05, 0.1) is 6.10 Å². The van der Waals surface area contributed by atoms with Crippen molar-refractivity contribution in [1.82, 2.24) is 14.7 Å². The van der Waals surface area contributed by atoms with Crippen LogP contribution in [-0.4, -0.2) is 84.2 Å². The Labute approximate surface area is 141 Å². The van der Waals surface area contributed by atoms with Gasteiger partial charge in [-0.15, -0.1) is 0 Å². The van der Waals surface area contributed by atoms with E-state index in [-0.39, 0.29) is 17.4 Å². The van der Waals surface area contributed by atoms with Crippen LogP contribution in [0.4, 0.5) is 0 Å². The Morgan fingerprint density at radius 3 is 2.04 bits per heavy atom. The number of hydrogen-bond donors (Lipinski definition) is 1. The van der Waals surface area contributed by atoms with E-state index in [4.69, 9.17) is 0 Å². The third-order valence-corrected chi connectivity index (χ3v) is 5.47. The third-order valence-electron chi connectivity index (χ3n) is 5.47. The van der Waals surface area contributed by atoms with Crippen LogP contribution >= 0.6 is 0 Å². The van der Waals surface area contributed by atoms with E-state index in [9.17, 15) is 9.90 Å². The number of carbonyl (C=O) groups is 1. The van der Waals surface area contributed by atoms with Crippen LogP contribution in [0.2, 0.25) is 0 Å². The fourth-order valence-corrected chi connectivity index (χ4v) is 3.47. The highest BCUT2D eigenvalue weighted by Gasteiger charge is 2.28. The van der Waals surface area contributed by atoms with Crippen molar-refractivity contribution in [3.8, 4) is 0 Å². The Morgan fingerprint density at radius 2 is 1.57 bits per heavy atom. The first-order chi connectivity index (χ1) is 10.8. The summed E-state index contributed by atoms with van der Waals surface area (Å²) in [4.78, 5) is 18.3. The van der Waals surface area contributed by atoms with Gasteiger partial charge in [0.1, 0.15) is 0 Å². The van der Waals surface area contributed by atoms with E-state index in [1.807, 2.05) is 4.90 Å². The second kappa shape index (κ2) is 7.95. The average Bonchev–Trinajstić information content (AvgIpc) is 2.49. The maximum Gasteiger partial charge on any atom is 0.219 e. The SMILES string of the molecule is CC(=O)N1CCC(CN2CCN(CC(O)C(C)(C)C)CC2)CC1. The van der Waals surface area contributed by atoms with Crippen molar-refractivity contribution in [3.05, 3.63) is 0 Å². The molecule has 0 aromatic rings. The topological polar surface area (TPSA) is 47.0 Å². The summed E-state index contributed by atoms with van der Waals surface area (Å²) in [7, 11) is 0. The quantitative estimate of drug-likeness (QED) is 0.846. The molecule has 5 nitrogen and oxygen atoms in total. The molecule has 0 bridgehead atoms. The highest BCUT2D eigenvalue weighted by molar-refractivity contribution is 5.73. The summed E-state index contributed by atoms with van der Waals surface area (Å²) in [5, 5.41) is 10.2. The maximum absolute atomic E-state index is 11.4. The van der Waals surface area contributed by atoms with Crippen LogP contribution < -0.4 is 0 Å². The molecule has 2 saturated heterocycles. The van der Waals surface area contributed by atoms with Gasteiger partial charge in [-0.25, -0.2) is 0 Å². The van der Waals surface area contributed by atoms with E-state index in [0.717, 1.165) is 64.6 Å². The molecule has 5 heteroatoms. The molecular weight excluding hydrogens is 290 g/mol. The third kappa shape index (κ3) is 5.73. The fraction of sp³-hybridized carbons (Fsp3) is 0.944. The van der Waals surface area contributed by atoms with Crippen molar-refractivity contribution in [3.63, 3.8) is 0 Å². The molecule has 1 unspecified atom stereocenters. The average molecular weight is 325 g/mol. The second-order valence-corrected chi connectivity index (χ2v) is 8.43. The summed E-state index contributed by atoms with van der Waals surface area (Å²) in [6, 6.07) is 0. The smallest absolute Gasteiger partial charge is 0.219 e. The number of aliphatic hydroxyl groups is 1. The predicted octanol–water partition coefficient (Wildman–Crippen LogP) is 1.27. The molecule has 0 saturated carbocycles. The number of nitrogens with zero attached hydrogens (tertiary/aromatic N) is 3. The van der Waals surface area contributed by atoms with E-state index >= 15 is 0 Å². The largest absolute Gasteiger partial charge is 0.391 e. The second-order valence-electron chi connectivity index (χ2n) is 8.43. The molecule has 0 aliphatic carbocycles. The molecule has 0 spiro atoms. The Bertz CT molecular complexity index is 378. The van der Waals surface area contributed by atoms with Crippen molar-refractivity contribution in [2.24, 2.45) is 11.3 Å². The van der Waals surface area contributed by atoms with E-state index < -0.39 is 0 Å². The van der Waals surface area contributed by atoms with Gasteiger partial charge in [-0.1, -0.05) is 20.8 Å². The van der Waals surface area contributed by atoms with E-state index in [0.29, 0.717) is 0 Å². The monoisotopic (exact) mass is 325 g/mol. The zero-order valence-corrected chi connectivity index (χ0v) is 15.4. The van der Waals surface area contributed by atoms with Gasteiger partial charge in [0.2, 0.25) is 5.91 Å². The van der Waals surface area contributed by atoms with Crippen LogP contribution in [0.25, 0.3) is 0 Å². The zero-order chi connectivity index (χ0) is 17.0. The minimum absolute atomic E-state index is 0.0399. The van der Waals surface area contributed by atoms with E-state index in [1.165, 1.54) is 6.54 Å². The zero-order valence-electron chi connectivity index (χ0n) is 15.4. The van der Waals surface area contributed by atoms with Crippen molar-refractivity contribution in [2.45, 2.75) is 46.6 Å². The molecule has 23 heavy (non-hydrogen) atoms. The van der Waals surface area contributed by atoms with Crippen LogP contribution in [0.15, 0.2) is 0 Å². The number of piperazine rings is 1. The van der Waals surface area contributed by atoms with Gasteiger partial charge in [0, 0.05) is 59.3 Å². The van der Waals surface area contributed by atoms with E-state index in [1.54, 1.807) is 6.92 Å². The summed E-state index contributed by atoms with van der Waals surface area (Å²) in [5.41, 5.74) is -0.0399. The van der Waals surface area contributed by atoms with Gasteiger partial charge < -0.3 is 14.9 Å². The lowest BCUT2D eigenvalue weighted by Crippen LogP contribution is -2.51. The van der Waals surface area contributed by atoms with Gasteiger partial charge in [-0.2, -0.15) is 0 Å². The summed E-state index contributed by atoms with van der Waals surface area (Å²) in [6.45, 7) is 16.1. The number of piperidine rings is 1. The number of carbonyl (C=O) groups excluding carboxylic acids is 1. The highest BCUT2D eigenvalue weighted by atomic mass is 16.3. The molecule has 0 aromatic heterocycles. The molecule has 2 heterocycles. The number of β-amino-alcohol motifs (C(OH)–C–C–N with tert-alkyl or cyclic N) is 1. The highest BCUT2D eigenvalue weighted by Crippen LogP contribution is 2.22. The molecule has 1 N–H and O–H groups in total. The Kier molecular flexibility index (Phi) is 6.46. The normalized spacial score (nSPS) is 24.0. The molecular formula is C18H35N3O2. The first-order valence-corrected chi connectivity index (χ1v) is 9.14. The van der Waals surface area contributed by atoms with Crippen LogP contribution in [0.3, 0.4) is 0 Å². The van der Waals surface area contributed by atoms with Gasteiger partial charge >= 0.3 is 0 Å². The minimum atomic E-state index is -0.259. The lowest BCUT2D eigenvalue weighted by Gasteiger charge is -2.40. The lowest BCUT2D eigenvalue weighted by atomic mass is 9.89. The van der Waals surface area contributed by atoms with Gasteiger partial charge in [-0.05, 0) is 24.2 Å². The summed E-state index contributed by atoms with van der Waals surface area (Å²) >= 11 is 0. The lowest BCUT2D eigenvalue weighted by molar-refractivity contribution is -0.130. The number of amides is 1. The van der Waals surface area contributed by atoms with Crippen molar-refractivity contribution in [1.29, 1.82) is 0 Å². The van der Waals surface area contributed by atoms with Crippen LogP contribution in [0.5, 0.6) is 0 Å². The number of likely N-dealkylation sites (tertiary alicyclic amines) is 1. The molecule has 0 radical (unpaired) electrons. The summed E-state index contributed by atoms with van der Waals surface area (Å²) < 4.78 is 0. The van der Waals surface area contributed by atoms with Crippen LogP contribution in [-0.2, 0) is 4.79 Å². The Balaban J connectivity index is 1.66. The molecule has 1 amide bonds. The van der Waals surface area contributed by atoms with Gasteiger partial charge in [0.25, 0.3) is 0 Å². The molecule has 2 fully saturated rings. The van der Waals surface area contributed by atoms with Crippen LogP contribution in [0, 0.1) is 11.3 Å². The fourth-order valence-electron chi connectivity index (χ4n) is 3.47. The Morgan fingerprint density at radius 1 is 1.04 bits per heavy atom. The molecule has 2 aliphatic heterocycles. The Hall–Kier alpha value is -0.650. The number of hydrogen-bond acceptors (Lipinski definition) is 4. The van der Waals surface area contributed by atoms with E-state index in [2.05, 4.69) is 30.6 Å². The minimum Gasteiger partial charge on any atom is -0.391 e. The number of rotatable bonds is 4. The molecule has 1 atom stereocenters. The summed E-state index contributed by atoms with van der Waals surface area (Å²) in [6.07, 6.45) is 2.02. The summed E-state index contributed by atoms with van der Waals surface area (Å²) in [5.74, 6) is 0.951. The van der Waals surface area contributed by atoms with Crippen molar-refractivity contribution >= 4 is 5.91 Å². The first kappa shape index (κ1) is 18.7. The molecule has 0 aromatic carbocycles. The van der Waals surface area contributed by atoms with Gasteiger partial charge in [-0.3, -0.25) is 9.69 Å². The first-order valence-electron chi connectivity index (χ1n) is 9.14. The number of aliphatic hydroxyl groups excluding tert-OH is 1. The molecule has 2 rings (SSSR count). The van der Waals surface area contributed by atoms with Crippen molar-refractivity contribution < 1.29 is 9.90 Å².